The van der Waals surface area contributed by atoms with Gasteiger partial charge in [0.05, 0.1) is 27.3 Å². The molecule has 1 aliphatic carbocycles. The first-order chi connectivity index (χ1) is 15.9. The van der Waals surface area contributed by atoms with Crippen LogP contribution in [0.1, 0.15) is 28.8 Å². The normalized spacial score (nSPS) is 17.0. The van der Waals surface area contributed by atoms with Gasteiger partial charge >= 0.3 is 6.03 Å². The first-order valence-electron chi connectivity index (χ1n) is 11.1. The average Bonchev–Trinajstić information content (AvgIpc) is 3.51. The van der Waals surface area contributed by atoms with Crippen LogP contribution in [-0.4, -0.2) is 71.9 Å². The molecule has 3 heterocycles. The summed E-state index contributed by atoms with van der Waals surface area (Å²) < 4.78 is 0.983. The largest absolute Gasteiger partial charge is 0.335 e. The molecule has 7 nitrogen and oxygen atoms in total. The topological polar surface area (TPSA) is 80.5 Å². The molecule has 3 amide bonds. The molecular weight excluding hydrogens is 434 g/mol. The van der Waals surface area contributed by atoms with Crippen LogP contribution >= 0.6 is 11.3 Å². The number of aromatic nitrogens is 1. The van der Waals surface area contributed by atoms with Crippen LogP contribution < -0.4 is 0 Å². The van der Waals surface area contributed by atoms with Crippen molar-refractivity contribution in [3.05, 3.63) is 53.0 Å². The third-order valence-corrected chi connectivity index (χ3v) is 7.54. The Balaban J connectivity index is 1.46. The fourth-order valence-corrected chi connectivity index (χ4v) is 5.38. The molecule has 5 rings (SSSR count). The Labute approximate surface area is 196 Å². The fraction of sp³-hybridized carbons (Fsp3) is 0.360. The van der Waals surface area contributed by atoms with E-state index in [2.05, 4.69) is 11.1 Å². The van der Waals surface area contributed by atoms with Gasteiger partial charge in [-0.3, -0.25) is 9.78 Å². The highest BCUT2D eigenvalue weighted by Crippen LogP contribution is 2.48. The summed E-state index contributed by atoms with van der Waals surface area (Å²) in [6.07, 6.45) is 3.48. The molecule has 1 aromatic carbocycles. The SMILES string of the molecule is CN(C)C(=O)N1CCN(C(=O)c2cnc3ccsc3c2-c2ccc(C3(C#N)CC3)cc2)CC1. The minimum absolute atomic E-state index is 0.0321. The maximum Gasteiger partial charge on any atom is 0.319 e. The van der Waals surface area contributed by atoms with Crippen LogP contribution in [0.3, 0.4) is 0 Å². The minimum Gasteiger partial charge on any atom is -0.335 e. The van der Waals surface area contributed by atoms with Gasteiger partial charge in [0.2, 0.25) is 0 Å². The number of urea groups is 1. The first kappa shape index (κ1) is 21.4. The van der Waals surface area contributed by atoms with E-state index >= 15 is 0 Å². The lowest BCUT2D eigenvalue weighted by molar-refractivity contribution is 0.0651. The number of thiophene rings is 1. The molecule has 3 aromatic rings. The number of hydrogen-bond donors (Lipinski definition) is 0. The van der Waals surface area contributed by atoms with Crippen LogP contribution in [0.25, 0.3) is 21.3 Å². The fourth-order valence-electron chi connectivity index (χ4n) is 4.46. The Morgan fingerprint density at radius 3 is 2.33 bits per heavy atom. The molecule has 2 fully saturated rings. The van der Waals surface area contributed by atoms with Crippen molar-refractivity contribution in [3.8, 4) is 17.2 Å². The van der Waals surface area contributed by atoms with Crippen LogP contribution in [0.15, 0.2) is 41.9 Å². The van der Waals surface area contributed by atoms with Gasteiger partial charge in [-0.15, -0.1) is 11.3 Å². The van der Waals surface area contributed by atoms with Crippen molar-refractivity contribution in [2.45, 2.75) is 18.3 Å². The van der Waals surface area contributed by atoms with Crippen molar-refractivity contribution in [1.82, 2.24) is 19.7 Å². The predicted octanol–water partition coefficient (Wildman–Crippen LogP) is 3.96. The highest BCUT2D eigenvalue weighted by molar-refractivity contribution is 7.17. The number of carbonyl (C=O) groups is 2. The number of amides is 3. The van der Waals surface area contributed by atoms with E-state index in [0.717, 1.165) is 39.7 Å². The van der Waals surface area contributed by atoms with E-state index in [9.17, 15) is 14.9 Å². The molecule has 1 saturated carbocycles. The van der Waals surface area contributed by atoms with Crippen LogP contribution in [-0.2, 0) is 5.41 Å². The third kappa shape index (κ3) is 3.72. The summed E-state index contributed by atoms with van der Waals surface area (Å²) in [6.45, 7) is 2.00. The van der Waals surface area contributed by atoms with Crippen LogP contribution in [0.4, 0.5) is 4.79 Å². The van der Waals surface area contributed by atoms with Gasteiger partial charge in [0.25, 0.3) is 5.91 Å². The van der Waals surface area contributed by atoms with Crippen molar-refractivity contribution in [2.24, 2.45) is 0 Å². The molecule has 0 bridgehead atoms. The zero-order chi connectivity index (χ0) is 23.2. The van der Waals surface area contributed by atoms with Gasteiger partial charge in [-0.2, -0.15) is 5.26 Å². The van der Waals surface area contributed by atoms with Crippen molar-refractivity contribution in [1.29, 1.82) is 5.26 Å². The Hall–Kier alpha value is -3.44. The summed E-state index contributed by atoms with van der Waals surface area (Å²) in [5.41, 5.74) is 3.99. The van der Waals surface area contributed by atoms with E-state index in [1.807, 2.05) is 40.6 Å². The lowest BCUT2D eigenvalue weighted by Crippen LogP contribution is -2.52. The summed E-state index contributed by atoms with van der Waals surface area (Å²) in [5, 5.41) is 11.5. The van der Waals surface area contributed by atoms with Crippen molar-refractivity contribution in [2.75, 3.05) is 40.3 Å². The summed E-state index contributed by atoms with van der Waals surface area (Å²) in [5.74, 6) is -0.0653. The molecule has 0 unspecified atom stereocenters. The summed E-state index contributed by atoms with van der Waals surface area (Å²) >= 11 is 1.58. The van der Waals surface area contributed by atoms with E-state index in [-0.39, 0.29) is 17.4 Å². The highest BCUT2D eigenvalue weighted by atomic mass is 32.1. The second kappa shape index (κ2) is 8.16. The Kier molecular flexibility index (Phi) is 5.29. The second-order valence-electron chi connectivity index (χ2n) is 8.91. The Bertz CT molecular complexity index is 1260. The number of rotatable bonds is 3. The quantitative estimate of drug-likeness (QED) is 0.594. The standard InChI is InChI=1S/C25H25N5O2S/c1-28(2)24(32)30-12-10-29(11-13-30)23(31)19-15-27-20-7-14-33-22(20)21(19)17-3-5-18(6-4-17)25(16-26)8-9-25/h3-7,14-15H,8-13H2,1-2H3. The van der Waals surface area contributed by atoms with Crippen molar-refractivity contribution >= 4 is 33.5 Å². The zero-order valence-corrected chi connectivity index (χ0v) is 19.6. The van der Waals surface area contributed by atoms with E-state index < -0.39 is 0 Å². The lowest BCUT2D eigenvalue weighted by atomic mass is 9.93. The molecule has 33 heavy (non-hydrogen) atoms. The Morgan fingerprint density at radius 1 is 1.06 bits per heavy atom. The molecule has 0 radical (unpaired) electrons. The summed E-state index contributed by atoms with van der Waals surface area (Å²) in [7, 11) is 3.47. The number of hydrogen-bond acceptors (Lipinski definition) is 5. The van der Waals surface area contributed by atoms with E-state index in [0.29, 0.717) is 31.7 Å². The number of fused-ring (bicyclic) bond motifs is 1. The van der Waals surface area contributed by atoms with Gasteiger partial charge in [0, 0.05) is 52.0 Å². The highest BCUT2D eigenvalue weighted by Gasteiger charge is 2.44. The van der Waals surface area contributed by atoms with Crippen molar-refractivity contribution in [3.63, 3.8) is 0 Å². The number of carbonyl (C=O) groups excluding carboxylic acids is 2. The van der Waals surface area contributed by atoms with Crippen molar-refractivity contribution < 1.29 is 9.59 Å². The molecule has 8 heteroatoms. The van der Waals surface area contributed by atoms with Gasteiger partial charge < -0.3 is 14.7 Å². The first-order valence-corrected chi connectivity index (χ1v) is 12.0. The monoisotopic (exact) mass is 459 g/mol. The molecule has 1 saturated heterocycles. The molecule has 168 valence electrons. The molecular formula is C25H25N5O2S. The molecule has 0 N–H and O–H groups in total. The lowest BCUT2D eigenvalue weighted by Gasteiger charge is -2.36. The van der Waals surface area contributed by atoms with Gasteiger partial charge in [0.15, 0.2) is 0 Å². The van der Waals surface area contributed by atoms with Gasteiger partial charge in [-0.05, 0) is 35.4 Å². The smallest absolute Gasteiger partial charge is 0.319 e. The van der Waals surface area contributed by atoms with Crippen LogP contribution in [0, 0.1) is 11.3 Å². The molecule has 0 spiro atoms. The van der Waals surface area contributed by atoms with Gasteiger partial charge in [-0.1, -0.05) is 24.3 Å². The number of pyridine rings is 1. The molecule has 2 aromatic heterocycles. The number of nitriles is 1. The maximum atomic E-state index is 13.6. The Morgan fingerprint density at radius 2 is 1.73 bits per heavy atom. The van der Waals surface area contributed by atoms with Crippen LogP contribution in [0.5, 0.6) is 0 Å². The summed E-state index contributed by atoms with van der Waals surface area (Å²) in [6, 6.07) is 12.5. The maximum absolute atomic E-state index is 13.6. The molecule has 1 aliphatic heterocycles. The van der Waals surface area contributed by atoms with E-state index in [1.54, 1.807) is 41.4 Å². The summed E-state index contributed by atoms with van der Waals surface area (Å²) in [4.78, 5) is 35.5. The third-order valence-electron chi connectivity index (χ3n) is 6.61. The number of nitrogens with zero attached hydrogens (tertiary/aromatic N) is 5. The zero-order valence-electron chi connectivity index (χ0n) is 18.7. The minimum atomic E-state index is -0.336. The van der Waals surface area contributed by atoms with E-state index in [4.69, 9.17) is 0 Å². The average molecular weight is 460 g/mol. The van der Waals surface area contributed by atoms with E-state index in [1.165, 1.54) is 0 Å². The van der Waals surface area contributed by atoms with Crippen LogP contribution in [0.2, 0.25) is 0 Å². The predicted molar refractivity (Wildman–Crippen MR) is 128 cm³/mol. The van der Waals surface area contributed by atoms with Gasteiger partial charge in [0.1, 0.15) is 0 Å². The molecule has 0 atom stereocenters. The van der Waals surface area contributed by atoms with Gasteiger partial charge in [-0.25, -0.2) is 4.79 Å². The number of piperazine rings is 1. The molecule has 2 aliphatic rings. The second-order valence-corrected chi connectivity index (χ2v) is 9.83. The number of benzene rings is 1.